The fourth-order valence-corrected chi connectivity index (χ4v) is 3.70. The second-order valence-corrected chi connectivity index (χ2v) is 8.00. The molecule has 2 saturated heterocycles. The zero-order chi connectivity index (χ0) is 22.9. The fourth-order valence-electron chi connectivity index (χ4n) is 3.70. The van der Waals surface area contributed by atoms with Gasteiger partial charge in [-0.25, -0.2) is 0 Å². The standard InChI is InChI=1S/C20H31NO10/c1-8-3-4-10(5-9(8)2)21-19-16(27)15(26)18(12(7-23)29-19)31-20-17(28)14(25)13(24)11(6-22)30-20/h3-5,11-28H,6-7H2,1-2H3/t11-,12-,13+,14+,15-,16-,17-,18-,19?,20+/m1/s1. The molecular formula is C20H31NO10. The molecule has 0 bridgehead atoms. The van der Waals surface area contributed by atoms with E-state index in [1.807, 2.05) is 26.0 Å². The summed E-state index contributed by atoms with van der Waals surface area (Å²) in [6, 6.07) is 5.52. The molecule has 0 aromatic heterocycles. The van der Waals surface area contributed by atoms with Crippen LogP contribution in [0.1, 0.15) is 11.1 Å². The number of nitrogens with one attached hydrogen (secondary N) is 1. The van der Waals surface area contributed by atoms with Crippen molar-refractivity contribution in [3.8, 4) is 0 Å². The maximum absolute atomic E-state index is 10.6. The topological polar surface area (TPSA) is 181 Å². The molecule has 0 radical (unpaired) electrons. The molecule has 2 aliphatic rings. The Balaban J connectivity index is 1.72. The van der Waals surface area contributed by atoms with Gasteiger partial charge in [-0.1, -0.05) is 6.07 Å². The van der Waals surface area contributed by atoms with E-state index in [0.29, 0.717) is 5.69 Å². The van der Waals surface area contributed by atoms with Crippen molar-refractivity contribution in [3.05, 3.63) is 29.3 Å². The molecule has 0 aliphatic carbocycles. The first-order valence-corrected chi connectivity index (χ1v) is 10.1. The molecule has 0 saturated carbocycles. The smallest absolute Gasteiger partial charge is 0.187 e. The zero-order valence-corrected chi connectivity index (χ0v) is 17.3. The molecule has 0 amide bonds. The molecule has 1 aromatic rings. The highest BCUT2D eigenvalue weighted by Crippen LogP contribution is 2.30. The van der Waals surface area contributed by atoms with Gasteiger partial charge < -0.3 is 55.3 Å². The normalized spacial score (nSPS) is 41.2. The van der Waals surface area contributed by atoms with E-state index in [-0.39, 0.29) is 0 Å². The summed E-state index contributed by atoms with van der Waals surface area (Å²) in [6.07, 6.45) is -14.2. The van der Waals surface area contributed by atoms with Crippen molar-refractivity contribution in [2.24, 2.45) is 0 Å². The highest BCUT2D eigenvalue weighted by atomic mass is 16.7. The largest absolute Gasteiger partial charge is 0.394 e. The number of aliphatic hydroxyl groups is 7. The van der Waals surface area contributed by atoms with Crippen molar-refractivity contribution in [3.63, 3.8) is 0 Å². The molecule has 2 aliphatic heterocycles. The highest BCUT2D eigenvalue weighted by molar-refractivity contribution is 5.48. The van der Waals surface area contributed by atoms with Crippen LogP contribution in [0.4, 0.5) is 5.69 Å². The summed E-state index contributed by atoms with van der Waals surface area (Å²) in [6.45, 7) is 2.64. The van der Waals surface area contributed by atoms with Crippen LogP contribution in [0.25, 0.3) is 0 Å². The average molecular weight is 445 g/mol. The van der Waals surface area contributed by atoms with E-state index < -0.39 is 74.6 Å². The molecule has 3 rings (SSSR count). The summed E-state index contributed by atoms with van der Waals surface area (Å²) < 4.78 is 16.5. The van der Waals surface area contributed by atoms with Gasteiger partial charge in [0.1, 0.15) is 48.8 Å². The summed E-state index contributed by atoms with van der Waals surface area (Å²) >= 11 is 0. The lowest BCUT2D eigenvalue weighted by Crippen LogP contribution is -2.65. The Morgan fingerprint density at radius 1 is 0.806 bits per heavy atom. The predicted molar refractivity (Wildman–Crippen MR) is 106 cm³/mol. The number of aliphatic hydroxyl groups excluding tert-OH is 7. The van der Waals surface area contributed by atoms with Crippen LogP contribution in [0.2, 0.25) is 0 Å². The molecule has 31 heavy (non-hydrogen) atoms. The van der Waals surface area contributed by atoms with Gasteiger partial charge in [0.05, 0.1) is 13.2 Å². The van der Waals surface area contributed by atoms with Crippen molar-refractivity contribution in [1.82, 2.24) is 0 Å². The Kier molecular flexibility index (Phi) is 7.86. The SMILES string of the molecule is Cc1ccc(NC2O[C@H](CO)[C@@H](O[C@@H]3O[C@H](CO)[C@H](O)[C@H](O)[C@H]3O)[C@H](O)[C@H]2O)cc1C. The number of hydrogen-bond donors (Lipinski definition) is 8. The van der Waals surface area contributed by atoms with Crippen LogP contribution in [0.3, 0.4) is 0 Å². The van der Waals surface area contributed by atoms with Crippen molar-refractivity contribution in [1.29, 1.82) is 0 Å². The van der Waals surface area contributed by atoms with Crippen LogP contribution in [0.15, 0.2) is 18.2 Å². The lowest BCUT2D eigenvalue weighted by molar-refractivity contribution is -0.340. The molecule has 10 atom stereocenters. The minimum atomic E-state index is -1.70. The third-order valence-electron chi connectivity index (χ3n) is 5.82. The van der Waals surface area contributed by atoms with E-state index in [4.69, 9.17) is 14.2 Å². The highest BCUT2D eigenvalue weighted by Gasteiger charge is 2.50. The molecule has 2 fully saturated rings. The summed E-state index contributed by atoms with van der Waals surface area (Å²) in [5.41, 5.74) is 2.74. The summed E-state index contributed by atoms with van der Waals surface area (Å²) in [5, 5.41) is 73.2. The minimum Gasteiger partial charge on any atom is -0.394 e. The molecule has 0 spiro atoms. The average Bonchev–Trinajstić information content (AvgIpc) is 2.75. The Morgan fingerprint density at radius 2 is 1.48 bits per heavy atom. The summed E-state index contributed by atoms with van der Waals surface area (Å²) in [5.74, 6) is 0. The maximum Gasteiger partial charge on any atom is 0.187 e. The fraction of sp³-hybridized carbons (Fsp3) is 0.700. The molecule has 1 aromatic carbocycles. The number of rotatable bonds is 6. The Hall–Kier alpha value is -1.38. The van der Waals surface area contributed by atoms with Gasteiger partial charge in [0, 0.05) is 5.69 Å². The first kappa shape index (κ1) is 24.3. The van der Waals surface area contributed by atoms with Gasteiger partial charge >= 0.3 is 0 Å². The lowest BCUT2D eigenvalue weighted by Gasteiger charge is -2.46. The lowest BCUT2D eigenvalue weighted by atomic mass is 9.96. The Morgan fingerprint density at radius 3 is 2.10 bits per heavy atom. The van der Waals surface area contributed by atoms with Crippen LogP contribution in [0, 0.1) is 13.8 Å². The first-order chi connectivity index (χ1) is 14.7. The maximum atomic E-state index is 10.6. The second-order valence-electron chi connectivity index (χ2n) is 8.00. The third-order valence-corrected chi connectivity index (χ3v) is 5.82. The predicted octanol–water partition coefficient (Wildman–Crippen LogP) is -2.66. The van der Waals surface area contributed by atoms with Crippen molar-refractivity contribution in [2.75, 3.05) is 18.5 Å². The van der Waals surface area contributed by atoms with E-state index in [0.717, 1.165) is 11.1 Å². The van der Waals surface area contributed by atoms with Gasteiger partial charge in [0.15, 0.2) is 12.5 Å². The van der Waals surface area contributed by atoms with Gasteiger partial charge in [-0.2, -0.15) is 0 Å². The number of ether oxygens (including phenoxy) is 3. The van der Waals surface area contributed by atoms with E-state index >= 15 is 0 Å². The van der Waals surface area contributed by atoms with Crippen molar-refractivity contribution >= 4 is 5.69 Å². The monoisotopic (exact) mass is 445 g/mol. The second kappa shape index (κ2) is 10.0. The molecule has 2 heterocycles. The number of hydrogen-bond acceptors (Lipinski definition) is 11. The quantitative estimate of drug-likeness (QED) is 0.229. The van der Waals surface area contributed by atoms with Crippen molar-refractivity contribution < 1.29 is 50.0 Å². The summed E-state index contributed by atoms with van der Waals surface area (Å²) in [7, 11) is 0. The molecule has 1 unspecified atom stereocenters. The number of aryl methyl sites for hydroxylation is 2. The third kappa shape index (κ3) is 5.01. The number of anilines is 1. The Labute approximate surface area is 179 Å². The van der Waals surface area contributed by atoms with Crippen LogP contribution in [-0.4, -0.2) is 110 Å². The molecule has 176 valence electrons. The van der Waals surface area contributed by atoms with Crippen LogP contribution >= 0.6 is 0 Å². The first-order valence-electron chi connectivity index (χ1n) is 10.1. The Bertz CT molecular complexity index is 732. The van der Waals surface area contributed by atoms with Crippen LogP contribution in [0.5, 0.6) is 0 Å². The number of benzene rings is 1. The summed E-state index contributed by atoms with van der Waals surface area (Å²) in [4.78, 5) is 0. The van der Waals surface area contributed by atoms with E-state index in [9.17, 15) is 35.7 Å². The minimum absolute atomic E-state index is 0.586. The van der Waals surface area contributed by atoms with Crippen LogP contribution < -0.4 is 5.32 Å². The van der Waals surface area contributed by atoms with E-state index in [1.54, 1.807) is 6.07 Å². The zero-order valence-electron chi connectivity index (χ0n) is 17.3. The van der Waals surface area contributed by atoms with Crippen molar-refractivity contribution in [2.45, 2.75) is 75.2 Å². The van der Waals surface area contributed by atoms with Crippen LogP contribution in [-0.2, 0) is 14.2 Å². The molecule has 11 nitrogen and oxygen atoms in total. The van der Waals surface area contributed by atoms with Gasteiger partial charge in [0.25, 0.3) is 0 Å². The van der Waals surface area contributed by atoms with E-state index in [2.05, 4.69) is 5.32 Å². The molecule has 8 N–H and O–H groups in total. The van der Waals surface area contributed by atoms with Gasteiger partial charge in [0.2, 0.25) is 0 Å². The molecular weight excluding hydrogens is 414 g/mol. The van der Waals surface area contributed by atoms with Gasteiger partial charge in [-0.15, -0.1) is 0 Å². The van der Waals surface area contributed by atoms with E-state index in [1.165, 1.54) is 0 Å². The van der Waals surface area contributed by atoms with Gasteiger partial charge in [-0.3, -0.25) is 0 Å². The van der Waals surface area contributed by atoms with Gasteiger partial charge in [-0.05, 0) is 37.1 Å². The molecule has 11 heteroatoms.